The first-order valence-corrected chi connectivity index (χ1v) is 9.28. The van der Waals surface area contributed by atoms with Gasteiger partial charge in [0.2, 0.25) is 0 Å². The monoisotopic (exact) mass is 236 g/mol. The molecule has 0 saturated heterocycles. The number of fused-ring (bicyclic) bond motifs is 1. The van der Waals surface area contributed by atoms with E-state index in [1.807, 2.05) is 0 Å². The van der Waals surface area contributed by atoms with Gasteiger partial charge in [-0.05, 0) is 29.2 Å². The van der Waals surface area contributed by atoms with E-state index in [0.29, 0.717) is 6.61 Å². The first-order chi connectivity index (χ1) is 7.45. The second-order valence-electron chi connectivity index (χ2n) is 5.57. The van der Waals surface area contributed by atoms with E-state index in [4.69, 9.17) is 4.74 Å². The lowest BCUT2D eigenvalue weighted by Crippen LogP contribution is -2.40. The Bertz CT molecular complexity index is 419. The Hall–Kier alpha value is -0.643. The Balaban J connectivity index is 2.67. The Morgan fingerprint density at radius 2 is 1.88 bits per heavy atom. The van der Waals surface area contributed by atoms with Gasteiger partial charge in [0.25, 0.3) is 0 Å². The van der Waals surface area contributed by atoms with Crippen LogP contribution < -0.4 is 5.19 Å². The largest absolute Gasteiger partial charge is 0.392 e. The molecular formula is C13H20O2Si. The Morgan fingerprint density at radius 1 is 1.25 bits per heavy atom. The Kier molecular flexibility index (Phi) is 2.95. The number of aliphatic hydroxyl groups is 1. The summed E-state index contributed by atoms with van der Waals surface area (Å²) in [6.45, 7) is 10.7. The van der Waals surface area contributed by atoms with Crippen molar-refractivity contribution >= 4 is 13.3 Å². The summed E-state index contributed by atoms with van der Waals surface area (Å²) in [5, 5.41) is 10.9. The molecule has 1 aliphatic rings. The zero-order chi connectivity index (χ0) is 11.9. The molecule has 16 heavy (non-hydrogen) atoms. The molecule has 1 heterocycles. The molecule has 1 aliphatic heterocycles. The molecule has 0 unspecified atom stereocenters. The summed E-state index contributed by atoms with van der Waals surface area (Å²) in [4.78, 5) is 0. The van der Waals surface area contributed by atoms with Gasteiger partial charge in [-0.15, -0.1) is 0 Å². The van der Waals surface area contributed by atoms with Crippen molar-refractivity contribution in [2.75, 3.05) is 0 Å². The van der Waals surface area contributed by atoms with E-state index in [-0.39, 0.29) is 6.61 Å². The molecule has 0 atom stereocenters. The van der Waals surface area contributed by atoms with Gasteiger partial charge in [-0.25, -0.2) is 0 Å². The van der Waals surface area contributed by atoms with E-state index in [9.17, 15) is 5.11 Å². The van der Waals surface area contributed by atoms with E-state index in [1.54, 1.807) is 0 Å². The van der Waals surface area contributed by atoms with Crippen LogP contribution in [-0.4, -0.2) is 13.2 Å². The molecular weight excluding hydrogens is 216 g/mol. The van der Waals surface area contributed by atoms with Crippen LogP contribution in [0.5, 0.6) is 0 Å². The van der Waals surface area contributed by atoms with Gasteiger partial charge >= 0.3 is 0 Å². The minimum Gasteiger partial charge on any atom is -0.392 e. The smallest absolute Gasteiger partial charge is 0.0781 e. The third-order valence-electron chi connectivity index (χ3n) is 3.41. The van der Waals surface area contributed by atoms with E-state index in [0.717, 1.165) is 12.2 Å². The maximum Gasteiger partial charge on any atom is 0.0781 e. The lowest BCUT2D eigenvalue weighted by atomic mass is 9.99. The summed E-state index contributed by atoms with van der Waals surface area (Å²) in [6.07, 6.45) is 0. The zero-order valence-electron chi connectivity index (χ0n) is 10.6. The molecule has 88 valence electrons. The van der Waals surface area contributed by atoms with Crippen molar-refractivity contribution in [2.24, 2.45) is 0 Å². The van der Waals surface area contributed by atoms with Gasteiger partial charge in [0.15, 0.2) is 0 Å². The molecule has 1 aromatic rings. The fraction of sp³-hybridized carbons (Fsp3) is 0.538. The van der Waals surface area contributed by atoms with Gasteiger partial charge in [0, 0.05) is 0 Å². The summed E-state index contributed by atoms with van der Waals surface area (Å²) in [5.41, 5.74) is 5.01. The van der Waals surface area contributed by atoms with E-state index >= 15 is 0 Å². The van der Waals surface area contributed by atoms with Gasteiger partial charge in [-0.3, -0.25) is 0 Å². The molecule has 3 heteroatoms. The highest BCUT2D eigenvalue weighted by Crippen LogP contribution is 2.26. The van der Waals surface area contributed by atoms with Gasteiger partial charge in [0.1, 0.15) is 0 Å². The van der Waals surface area contributed by atoms with Gasteiger partial charge in [-0.1, -0.05) is 30.9 Å². The standard InChI is InChI=1S/C13H20O2Si/c1-9-10(6-14)5-13(16(2,3)4)12-8-15-7-11(9)12/h5,14H,6-8H2,1-4H3. The average molecular weight is 236 g/mol. The summed E-state index contributed by atoms with van der Waals surface area (Å²) < 4.78 is 5.57. The highest BCUT2D eigenvalue weighted by Gasteiger charge is 2.27. The second kappa shape index (κ2) is 3.98. The number of hydrogen-bond donors (Lipinski definition) is 1. The maximum absolute atomic E-state index is 9.41. The van der Waals surface area contributed by atoms with Crippen LogP contribution in [-0.2, 0) is 24.6 Å². The Labute approximate surface area is 98.3 Å². The Morgan fingerprint density at radius 3 is 2.44 bits per heavy atom. The van der Waals surface area contributed by atoms with Crippen LogP contribution in [0.25, 0.3) is 0 Å². The van der Waals surface area contributed by atoms with Crippen LogP contribution in [0.1, 0.15) is 22.3 Å². The predicted octanol–water partition coefficient (Wildman–Crippen LogP) is 2.06. The molecule has 0 aliphatic carbocycles. The molecule has 0 bridgehead atoms. The van der Waals surface area contributed by atoms with Crippen LogP contribution in [0.2, 0.25) is 19.6 Å². The van der Waals surface area contributed by atoms with Crippen molar-refractivity contribution < 1.29 is 9.84 Å². The fourth-order valence-electron chi connectivity index (χ4n) is 2.40. The van der Waals surface area contributed by atoms with Crippen molar-refractivity contribution in [2.45, 2.75) is 46.4 Å². The molecule has 0 radical (unpaired) electrons. The highest BCUT2D eigenvalue weighted by atomic mass is 28.3. The van der Waals surface area contributed by atoms with E-state index < -0.39 is 8.07 Å². The second-order valence-corrected chi connectivity index (χ2v) is 10.6. The highest BCUT2D eigenvalue weighted by molar-refractivity contribution is 6.89. The molecule has 0 saturated carbocycles. The lowest BCUT2D eigenvalue weighted by Gasteiger charge is -2.22. The summed E-state index contributed by atoms with van der Waals surface area (Å²) in [6, 6.07) is 2.20. The first kappa shape index (κ1) is 11.8. The van der Waals surface area contributed by atoms with Crippen LogP contribution in [0.15, 0.2) is 6.07 Å². The average Bonchev–Trinajstić information content (AvgIpc) is 2.65. The van der Waals surface area contributed by atoms with Crippen molar-refractivity contribution in [1.82, 2.24) is 0 Å². The number of hydrogen-bond acceptors (Lipinski definition) is 2. The van der Waals surface area contributed by atoms with Crippen LogP contribution >= 0.6 is 0 Å². The summed E-state index contributed by atoms with van der Waals surface area (Å²) >= 11 is 0. The number of benzene rings is 1. The van der Waals surface area contributed by atoms with Gasteiger partial charge in [-0.2, -0.15) is 0 Å². The molecule has 2 nitrogen and oxygen atoms in total. The van der Waals surface area contributed by atoms with E-state index in [2.05, 4.69) is 32.6 Å². The summed E-state index contributed by atoms with van der Waals surface area (Å²) in [7, 11) is -1.35. The van der Waals surface area contributed by atoms with Crippen LogP contribution in [0.4, 0.5) is 0 Å². The molecule has 1 aromatic carbocycles. The third kappa shape index (κ3) is 1.83. The first-order valence-electron chi connectivity index (χ1n) is 5.78. The quantitative estimate of drug-likeness (QED) is 0.797. The topological polar surface area (TPSA) is 29.5 Å². The molecule has 0 aromatic heterocycles. The van der Waals surface area contributed by atoms with Crippen LogP contribution in [0, 0.1) is 6.92 Å². The lowest BCUT2D eigenvalue weighted by molar-refractivity contribution is 0.134. The predicted molar refractivity (Wildman–Crippen MR) is 68.6 cm³/mol. The van der Waals surface area contributed by atoms with Gasteiger partial charge < -0.3 is 9.84 Å². The number of ether oxygens (including phenoxy) is 1. The maximum atomic E-state index is 9.41. The van der Waals surface area contributed by atoms with Crippen molar-refractivity contribution in [1.29, 1.82) is 0 Å². The van der Waals surface area contributed by atoms with E-state index in [1.165, 1.54) is 21.9 Å². The normalized spacial score (nSPS) is 15.3. The molecule has 2 rings (SSSR count). The minimum atomic E-state index is -1.35. The zero-order valence-corrected chi connectivity index (χ0v) is 11.6. The number of rotatable bonds is 2. The van der Waals surface area contributed by atoms with Gasteiger partial charge in [0.05, 0.1) is 27.9 Å². The number of aliphatic hydroxyl groups excluding tert-OH is 1. The third-order valence-corrected chi connectivity index (χ3v) is 5.48. The van der Waals surface area contributed by atoms with Crippen molar-refractivity contribution in [3.8, 4) is 0 Å². The molecule has 0 amide bonds. The SMILES string of the molecule is Cc1c(CO)cc([Si](C)(C)C)c2c1COC2. The molecule has 1 N–H and O–H groups in total. The fourth-order valence-corrected chi connectivity index (χ4v) is 4.14. The van der Waals surface area contributed by atoms with Crippen molar-refractivity contribution in [3.63, 3.8) is 0 Å². The minimum absolute atomic E-state index is 0.136. The summed E-state index contributed by atoms with van der Waals surface area (Å²) in [5.74, 6) is 0. The molecule has 0 fully saturated rings. The van der Waals surface area contributed by atoms with Crippen LogP contribution in [0.3, 0.4) is 0 Å². The molecule has 0 spiro atoms. The van der Waals surface area contributed by atoms with Crippen molar-refractivity contribution in [3.05, 3.63) is 28.3 Å².